The van der Waals surface area contributed by atoms with E-state index in [0.29, 0.717) is 31.5 Å². The number of nitrogens with zero attached hydrogens (tertiary/aromatic N) is 3. The number of ether oxygens (including phenoxy) is 1. The first-order chi connectivity index (χ1) is 8.95. The van der Waals surface area contributed by atoms with Crippen LogP contribution in [-0.4, -0.2) is 41.2 Å². The molecule has 0 aliphatic carbocycles. The molecule has 6 heteroatoms. The molecule has 1 fully saturated rings. The molecule has 1 unspecified atom stereocenters. The second kappa shape index (κ2) is 5.51. The molecule has 1 aromatic heterocycles. The molecule has 1 saturated heterocycles. The van der Waals surface area contributed by atoms with Gasteiger partial charge in [-0.1, -0.05) is 0 Å². The van der Waals surface area contributed by atoms with Crippen LogP contribution in [0, 0.1) is 0 Å². The Morgan fingerprint density at radius 3 is 2.89 bits per heavy atom. The molecular formula is C13H20ClN3O2. The van der Waals surface area contributed by atoms with Gasteiger partial charge in [-0.15, -0.1) is 11.6 Å². The molecule has 0 saturated carbocycles. The lowest BCUT2D eigenvalue weighted by molar-refractivity contribution is 0.0991. The van der Waals surface area contributed by atoms with E-state index in [-0.39, 0.29) is 17.1 Å². The van der Waals surface area contributed by atoms with Crippen LogP contribution in [0.25, 0.3) is 0 Å². The lowest BCUT2D eigenvalue weighted by atomic mass is 10.1. The van der Waals surface area contributed by atoms with E-state index in [0.717, 1.165) is 0 Å². The van der Waals surface area contributed by atoms with Crippen LogP contribution in [0.4, 0.5) is 5.82 Å². The van der Waals surface area contributed by atoms with E-state index in [1.54, 1.807) is 17.0 Å². The third-order valence-electron chi connectivity index (χ3n) is 3.22. The van der Waals surface area contributed by atoms with Gasteiger partial charge in [0.05, 0.1) is 19.3 Å². The molecule has 0 radical (unpaired) electrons. The quantitative estimate of drug-likeness (QED) is 0.772. The van der Waals surface area contributed by atoms with Crippen molar-refractivity contribution < 1.29 is 4.74 Å². The minimum absolute atomic E-state index is 0.00596. The number of aromatic nitrogens is 2. The van der Waals surface area contributed by atoms with Crippen LogP contribution in [0.2, 0.25) is 0 Å². The number of morpholine rings is 1. The first-order valence-electron chi connectivity index (χ1n) is 6.43. The Morgan fingerprint density at radius 2 is 2.26 bits per heavy atom. The van der Waals surface area contributed by atoms with Gasteiger partial charge in [-0.05, 0) is 20.8 Å². The van der Waals surface area contributed by atoms with Gasteiger partial charge in [0.2, 0.25) is 0 Å². The Labute approximate surface area is 118 Å². The number of rotatable bonds is 2. The second-order valence-corrected chi connectivity index (χ2v) is 5.98. The number of anilines is 1. The minimum atomic E-state index is -0.266. The fourth-order valence-electron chi connectivity index (χ4n) is 2.19. The van der Waals surface area contributed by atoms with Gasteiger partial charge in [-0.3, -0.25) is 4.79 Å². The molecule has 5 nitrogen and oxygen atoms in total. The van der Waals surface area contributed by atoms with Crippen LogP contribution in [-0.2, 0) is 10.3 Å². The summed E-state index contributed by atoms with van der Waals surface area (Å²) in [5, 5.41) is 0. The highest BCUT2D eigenvalue weighted by Gasteiger charge is 2.27. The topological polar surface area (TPSA) is 47.4 Å². The summed E-state index contributed by atoms with van der Waals surface area (Å²) in [4.78, 5) is 18.8. The summed E-state index contributed by atoms with van der Waals surface area (Å²) < 4.78 is 7.10. The zero-order valence-corrected chi connectivity index (χ0v) is 12.4. The highest BCUT2D eigenvalue weighted by molar-refractivity contribution is 6.18. The van der Waals surface area contributed by atoms with Gasteiger partial charge in [0.1, 0.15) is 0 Å². The molecule has 106 valence electrons. The number of hydrogen-bond acceptors (Lipinski definition) is 4. The van der Waals surface area contributed by atoms with Crippen LogP contribution in [0.1, 0.15) is 20.8 Å². The number of alkyl halides is 1. The van der Waals surface area contributed by atoms with Gasteiger partial charge >= 0.3 is 0 Å². The summed E-state index contributed by atoms with van der Waals surface area (Å²) in [5.41, 5.74) is -0.343. The Hall–Kier alpha value is -1.07. The second-order valence-electron chi connectivity index (χ2n) is 5.67. The first kappa shape index (κ1) is 14.3. The largest absolute Gasteiger partial charge is 0.377 e. The molecule has 0 N–H and O–H groups in total. The minimum Gasteiger partial charge on any atom is -0.377 e. The van der Waals surface area contributed by atoms with Crippen molar-refractivity contribution >= 4 is 17.4 Å². The van der Waals surface area contributed by atoms with Crippen molar-refractivity contribution in [3.05, 3.63) is 22.7 Å². The monoisotopic (exact) mass is 285 g/mol. The summed E-state index contributed by atoms with van der Waals surface area (Å²) in [6.07, 6.45) is 3.39. The van der Waals surface area contributed by atoms with Crippen LogP contribution >= 0.6 is 11.6 Å². The fraction of sp³-hybridized carbons (Fsp3) is 0.692. The highest BCUT2D eigenvalue weighted by atomic mass is 35.5. The smallest absolute Gasteiger partial charge is 0.294 e. The molecule has 1 atom stereocenters. The standard InChI is InChI=1S/C13H20ClN3O2/c1-13(2,3)17-5-4-15-11(12(17)18)16-6-7-19-9-10(16)8-14/h4-5,10H,6-9H2,1-3H3. The van der Waals surface area contributed by atoms with Crippen molar-refractivity contribution in [2.24, 2.45) is 0 Å². The van der Waals surface area contributed by atoms with Gasteiger partial charge in [0, 0.05) is 30.4 Å². The third-order valence-corrected chi connectivity index (χ3v) is 3.58. The maximum absolute atomic E-state index is 12.6. The molecule has 0 bridgehead atoms. The predicted octanol–water partition coefficient (Wildman–Crippen LogP) is 1.44. The van der Waals surface area contributed by atoms with E-state index in [2.05, 4.69) is 4.98 Å². The Morgan fingerprint density at radius 1 is 1.53 bits per heavy atom. The molecule has 2 heterocycles. The maximum Gasteiger partial charge on any atom is 0.294 e. The summed E-state index contributed by atoms with van der Waals surface area (Å²) in [6.45, 7) is 7.77. The average molecular weight is 286 g/mol. The molecule has 0 amide bonds. The lowest BCUT2D eigenvalue weighted by Gasteiger charge is -2.35. The van der Waals surface area contributed by atoms with Crippen molar-refractivity contribution in [2.75, 3.05) is 30.5 Å². The molecule has 1 aromatic rings. The van der Waals surface area contributed by atoms with Gasteiger partial charge in [-0.25, -0.2) is 4.98 Å². The summed E-state index contributed by atoms with van der Waals surface area (Å²) in [5.74, 6) is 0.886. The van der Waals surface area contributed by atoms with E-state index < -0.39 is 0 Å². The lowest BCUT2D eigenvalue weighted by Crippen LogP contribution is -2.50. The van der Waals surface area contributed by atoms with Crippen LogP contribution < -0.4 is 10.5 Å². The summed E-state index contributed by atoms with van der Waals surface area (Å²) >= 11 is 5.95. The summed E-state index contributed by atoms with van der Waals surface area (Å²) in [7, 11) is 0. The average Bonchev–Trinajstić information content (AvgIpc) is 2.37. The van der Waals surface area contributed by atoms with Crippen molar-refractivity contribution in [1.29, 1.82) is 0 Å². The molecule has 19 heavy (non-hydrogen) atoms. The van der Waals surface area contributed by atoms with Crippen molar-refractivity contribution in [3.63, 3.8) is 0 Å². The molecule has 0 aromatic carbocycles. The van der Waals surface area contributed by atoms with Crippen molar-refractivity contribution in [2.45, 2.75) is 32.4 Å². The maximum atomic E-state index is 12.6. The third kappa shape index (κ3) is 2.92. The van der Waals surface area contributed by atoms with Crippen LogP contribution in [0.5, 0.6) is 0 Å². The van der Waals surface area contributed by atoms with E-state index in [4.69, 9.17) is 16.3 Å². The van der Waals surface area contributed by atoms with Crippen molar-refractivity contribution in [3.8, 4) is 0 Å². The molecule has 2 rings (SSSR count). The first-order valence-corrected chi connectivity index (χ1v) is 6.97. The Balaban J connectivity index is 2.42. The van der Waals surface area contributed by atoms with E-state index >= 15 is 0 Å². The fourth-order valence-corrected chi connectivity index (χ4v) is 2.44. The van der Waals surface area contributed by atoms with E-state index in [9.17, 15) is 4.79 Å². The predicted molar refractivity (Wildman–Crippen MR) is 76.2 cm³/mol. The Kier molecular flexibility index (Phi) is 4.16. The van der Waals surface area contributed by atoms with Gasteiger partial charge < -0.3 is 14.2 Å². The zero-order valence-electron chi connectivity index (χ0n) is 11.6. The SMILES string of the molecule is CC(C)(C)n1ccnc(N2CCOCC2CCl)c1=O. The molecule has 1 aliphatic heterocycles. The van der Waals surface area contributed by atoms with Gasteiger partial charge in [0.15, 0.2) is 5.82 Å². The van der Waals surface area contributed by atoms with Crippen LogP contribution in [0.15, 0.2) is 17.2 Å². The van der Waals surface area contributed by atoms with Crippen LogP contribution in [0.3, 0.4) is 0 Å². The zero-order chi connectivity index (χ0) is 14.0. The van der Waals surface area contributed by atoms with Gasteiger partial charge in [-0.2, -0.15) is 0 Å². The normalized spacial score (nSPS) is 20.6. The highest BCUT2D eigenvalue weighted by Crippen LogP contribution is 2.17. The number of halogens is 1. The van der Waals surface area contributed by atoms with Gasteiger partial charge in [0.25, 0.3) is 5.56 Å². The van der Waals surface area contributed by atoms with Crippen molar-refractivity contribution in [1.82, 2.24) is 9.55 Å². The summed E-state index contributed by atoms with van der Waals surface area (Å²) in [6, 6.07) is 0.00596. The molecule has 0 spiro atoms. The van der Waals surface area contributed by atoms with E-state index in [1.165, 1.54) is 0 Å². The van der Waals surface area contributed by atoms with E-state index in [1.807, 2.05) is 25.7 Å². The number of hydrogen-bond donors (Lipinski definition) is 0. The Bertz CT molecular complexity index is 495. The molecule has 1 aliphatic rings. The molecular weight excluding hydrogens is 266 g/mol.